The summed E-state index contributed by atoms with van der Waals surface area (Å²) in [5.41, 5.74) is 0.236. The number of ketones is 1. The minimum Gasteiger partial charge on any atom is -0.393 e. The number of ether oxygens (including phenoxy) is 1. The van der Waals surface area contributed by atoms with Gasteiger partial charge in [0.15, 0.2) is 0 Å². The molecule has 0 heterocycles. The minimum absolute atomic E-state index is 0.0313. The summed E-state index contributed by atoms with van der Waals surface area (Å²) in [5.74, 6) is 3.17. The fourth-order valence-electron chi connectivity index (χ4n) is 7.35. The van der Waals surface area contributed by atoms with Crippen LogP contribution in [0.2, 0.25) is 0 Å². The first-order valence-corrected chi connectivity index (χ1v) is 9.71. The lowest BCUT2D eigenvalue weighted by Crippen LogP contribution is -2.56. The van der Waals surface area contributed by atoms with Crippen molar-refractivity contribution >= 4 is 5.78 Å². The van der Waals surface area contributed by atoms with Gasteiger partial charge in [0.05, 0.1) is 12.7 Å². The second-order valence-electron chi connectivity index (χ2n) is 9.16. The molecule has 0 bridgehead atoms. The van der Waals surface area contributed by atoms with Crippen LogP contribution in [0.4, 0.5) is 0 Å². The number of rotatable bonds is 2. The fourth-order valence-corrected chi connectivity index (χ4v) is 7.35. The van der Waals surface area contributed by atoms with E-state index in [9.17, 15) is 9.90 Å². The maximum absolute atomic E-state index is 12.5. The van der Waals surface area contributed by atoms with Gasteiger partial charge in [-0.05, 0) is 80.5 Å². The van der Waals surface area contributed by atoms with Gasteiger partial charge < -0.3 is 9.84 Å². The largest absolute Gasteiger partial charge is 0.393 e. The van der Waals surface area contributed by atoms with Crippen LogP contribution in [0.3, 0.4) is 0 Å². The standard InChI is InChI=1S/C20H32O3/c1-19-9-8-17-15(16(19)5-6-18(19)22)4-3-13-11-14(21)7-10-20(13,17)12-23-2/h13-17,21H,3-12H2,1-2H3/t13-,14?,15+,16+,17+,19+,20-/m1/s1. The molecule has 4 aliphatic rings. The first kappa shape index (κ1) is 16.1. The first-order valence-electron chi connectivity index (χ1n) is 9.71. The third-order valence-electron chi connectivity index (χ3n) is 8.46. The Bertz CT molecular complexity index is 489. The van der Waals surface area contributed by atoms with Gasteiger partial charge in [-0.2, -0.15) is 0 Å². The van der Waals surface area contributed by atoms with Crippen molar-refractivity contribution in [1.29, 1.82) is 0 Å². The first-order chi connectivity index (χ1) is 11.0. The maximum atomic E-state index is 12.5. The average Bonchev–Trinajstić information content (AvgIpc) is 2.84. The summed E-state index contributed by atoms with van der Waals surface area (Å²) in [4.78, 5) is 12.5. The van der Waals surface area contributed by atoms with Gasteiger partial charge in [-0.15, -0.1) is 0 Å². The van der Waals surface area contributed by atoms with E-state index in [1.807, 2.05) is 7.11 Å². The Balaban J connectivity index is 1.66. The molecule has 4 fully saturated rings. The normalized spacial score (nSPS) is 52.7. The van der Waals surface area contributed by atoms with E-state index in [-0.39, 0.29) is 16.9 Å². The molecule has 23 heavy (non-hydrogen) atoms. The van der Waals surface area contributed by atoms with Crippen LogP contribution in [0, 0.1) is 34.5 Å². The van der Waals surface area contributed by atoms with Crippen LogP contribution >= 0.6 is 0 Å². The average molecular weight is 320 g/mol. The second-order valence-corrected chi connectivity index (χ2v) is 9.16. The summed E-state index contributed by atoms with van der Waals surface area (Å²) in [5, 5.41) is 10.2. The van der Waals surface area contributed by atoms with Crippen LogP contribution in [-0.2, 0) is 9.53 Å². The molecule has 0 aromatic carbocycles. The van der Waals surface area contributed by atoms with Crippen LogP contribution in [0.15, 0.2) is 0 Å². The van der Waals surface area contributed by atoms with Crippen molar-refractivity contribution in [3.05, 3.63) is 0 Å². The van der Waals surface area contributed by atoms with E-state index in [0.717, 1.165) is 45.1 Å². The summed E-state index contributed by atoms with van der Waals surface area (Å²) in [6.45, 7) is 3.10. The van der Waals surface area contributed by atoms with Gasteiger partial charge in [0.1, 0.15) is 5.78 Å². The number of fused-ring (bicyclic) bond motifs is 5. The lowest BCUT2D eigenvalue weighted by molar-refractivity contribution is -0.159. The van der Waals surface area contributed by atoms with E-state index < -0.39 is 0 Å². The Labute approximate surface area is 140 Å². The highest BCUT2D eigenvalue weighted by molar-refractivity contribution is 5.87. The van der Waals surface area contributed by atoms with Crippen molar-refractivity contribution < 1.29 is 14.6 Å². The number of aliphatic hydroxyl groups excluding tert-OH is 1. The van der Waals surface area contributed by atoms with E-state index >= 15 is 0 Å². The van der Waals surface area contributed by atoms with E-state index in [1.165, 1.54) is 19.3 Å². The quantitative estimate of drug-likeness (QED) is 0.846. The molecular formula is C20H32O3. The molecule has 7 atom stereocenters. The summed E-state index contributed by atoms with van der Waals surface area (Å²) < 4.78 is 5.73. The predicted octanol–water partition coefficient (Wildman–Crippen LogP) is 3.59. The molecule has 3 nitrogen and oxygen atoms in total. The van der Waals surface area contributed by atoms with Crippen molar-refractivity contribution in [3.8, 4) is 0 Å². The van der Waals surface area contributed by atoms with Crippen molar-refractivity contribution in [3.63, 3.8) is 0 Å². The molecule has 0 aliphatic heterocycles. The van der Waals surface area contributed by atoms with E-state index in [2.05, 4.69) is 6.92 Å². The highest BCUT2D eigenvalue weighted by Crippen LogP contribution is 2.65. The molecule has 4 aliphatic carbocycles. The van der Waals surface area contributed by atoms with Crippen LogP contribution < -0.4 is 0 Å². The summed E-state index contributed by atoms with van der Waals surface area (Å²) in [7, 11) is 1.84. The number of carbonyl (C=O) groups is 1. The number of methoxy groups -OCH3 is 1. The molecular weight excluding hydrogens is 288 g/mol. The summed E-state index contributed by atoms with van der Waals surface area (Å²) in [6.07, 6.45) is 9.60. The summed E-state index contributed by atoms with van der Waals surface area (Å²) >= 11 is 0. The summed E-state index contributed by atoms with van der Waals surface area (Å²) in [6, 6.07) is 0. The van der Waals surface area contributed by atoms with Crippen molar-refractivity contribution in [2.45, 2.75) is 70.8 Å². The monoisotopic (exact) mass is 320 g/mol. The molecule has 1 N–H and O–H groups in total. The van der Waals surface area contributed by atoms with Crippen molar-refractivity contribution in [2.24, 2.45) is 34.5 Å². The van der Waals surface area contributed by atoms with Crippen LogP contribution in [0.1, 0.15) is 64.7 Å². The minimum atomic E-state index is -0.108. The zero-order chi connectivity index (χ0) is 16.2. The Kier molecular flexibility index (Phi) is 3.88. The Morgan fingerprint density at radius 3 is 2.74 bits per heavy atom. The second kappa shape index (κ2) is 5.56. The molecule has 1 unspecified atom stereocenters. The molecule has 0 aromatic rings. The van der Waals surface area contributed by atoms with Crippen LogP contribution in [0.25, 0.3) is 0 Å². The van der Waals surface area contributed by atoms with Gasteiger partial charge in [0, 0.05) is 18.9 Å². The molecule has 130 valence electrons. The Morgan fingerprint density at radius 1 is 1.13 bits per heavy atom. The third kappa shape index (κ3) is 2.18. The molecule has 0 radical (unpaired) electrons. The number of carbonyl (C=O) groups excluding carboxylic acids is 1. The highest BCUT2D eigenvalue weighted by atomic mass is 16.5. The van der Waals surface area contributed by atoms with Gasteiger partial charge >= 0.3 is 0 Å². The number of hydrogen-bond acceptors (Lipinski definition) is 3. The third-order valence-corrected chi connectivity index (χ3v) is 8.46. The molecule has 0 amide bonds. The van der Waals surface area contributed by atoms with Gasteiger partial charge in [0.2, 0.25) is 0 Å². The predicted molar refractivity (Wildman–Crippen MR) is 88.9 cm³/mol. The zero-order valence-corrected chi connectivity index (χ0v) is 14.7. The van der Waals surface area contributed by atoms with Crippen LogP contribution in [0.5, 0.6) is 0 Å². The lowest BCUT2D eigenvalue weighted by Gasteiger charge is -2.60. The highest BCUT2D eigenvalue weighted by Gasteiger charge is 2.61. The number of Topliss-reactive ketones (excluding diaryl/α,β-unsaturated/α-hetero) is 1. The van der Waals surface area contributed by atoms with Crippen molar-refractivity contribution in [2.75, 3.05) is 13.7 Å². The van der Waals surface area contributed by atoms with Crippen LogP contribution in [-0.4, -0.2) is 30.7 Å². The Hall–Kier alpha value is -0.410. The Morgan fingerprint density at radius 2 is 1.96 bits per heavy atom. The molecule has 0 spiro atoms. The molecule has 4 saturated carbocycles. The van der Waals surface area contributed by atoms with E-state index in [0.29, 0.717) is 29.5 Å². The fraction of sp³-hybridized carbons (Fsp3) is 0.950. The smallest absolute Gasteiger partial charge is 0.139 e. The SMILES string of the molecule is COC[C@]12CCC(O)C[C@H]1CC[C@@H]1[C@@H]2CC[C@]2(C)C(=O)CC[C@@H]12. The molecule has 4 rings (SSSR count). The van der Waals surface area contributed by atoms with Gasteiger partial charge in [0.25, 0.3) is 0 Å². The maximum Gasteiger partial charge on any atom is 0.139 e. The topological polar surface area (TPSA) is 46.5 Å². The molecule has 3 heteroatoms. The van der Waals surface area contributed by atoms with E-state index in [4.69, 9.17) is 4.74 Å². The number of aliphatic hydroxyl groups is 1. The van der Waals surface area contributed by atoms with Gasteiger partial charge in [-0.3, -0.25) is 4.79 Å². The van der Waals surface area contributed by atoms with Crippen molar-refractivity contribution in [1.82, 2.24) is 0 Å². The number of hydrogen-bond donors (Lipinski definition) is 1. The lowest BCUT2D eigenvalue weighted by atomic mass is 9.45. The molecule has 0 aromatic heterocycles. The van der Waals surface area contributed by atoms with Gasteiger partial charge in [-0.25, -0.2) is 0 Å². The zero-order valence-electron chi connectivity index (χ0n) is 14.7. The van der Waals surface area contributed by atoms with E-state index in [1.54, 1.807) is 0 Å². The van der Waals surface area contributed by atoms with Gasteiger partial charge in [-0.1, -0.05) is 6.92 Å². The molecule has 0 saturated heterocycles.